The van der Waals surface area contributed by atoms with Gasteiger partial charge >= 0.3 is 5.69 Å². The summed E-state index contributed by atoms with van der Waals surface area (Å²) < 4.78 is 5.61. The van der Waals surface area contributed by atoms with Crippen LogP contribution < -0.4 is 11.0 Å². The van der Waals surface area contributed by atoms with Crippen molar-refractivity contribution in [3.05, 3.63) is 64.8 Å². The molecule has 7 nitrogen and oxygen atoms in total. The van der Waals surface area contributed by atoms with Crippen LogP contribution in [0.5, 0.6) is 0 Å². The minimum absolute atomic E-state index is 0.0497. The van der Waals surface area contributed by atoms with Crippen molar-refractivity contribution in [3.8, 4) is 0 Å². The van der Waals surface area contributed by atoms with Crippen LogP contribution >= 0.6 is 0 Å². The maximum atomic E-state index is 12.8. The number of hydrogen-bond donors (Lipinski definition) is 1. The molecule has 0 saturated heterocycles. The Hall–Kier alpha value is -3.35. The zero-order chi connectivity index (χ0) is 21.1. The second-order valence-corrected chi connectivity index (χ2v) is 7.47. The lowest BCUT2D eigenvalue weighted by molar-refractivity contribution is -0.121. The molecule has 2 aromatic carbocycles. The van der Waals surface area contributed by atoms with Gasteiger partial charge in [0.1, 0.15) is 5.82 Å². The zero-order valence-corrected chi connectivity index (χ0v) is 17.5. The standard InChI is InChI=1S/C23H27N5O2/c1-3-14-27-20-10-6-7-11-21(20)28(23(27)30)15-12-22(29)24-13-16-26-17(2)25-18-8-4-5-9-19(18)26/h4-11H,3,12-16H2,1-2H3,(H,24,29). The number of aryl methyl sites for hydroxylation is 3. The number of aromatic nitrogens is 4. The van der Waals surface area contributed by atoms with E-state index in [-0.39, 0.29) is 18.0 Å². The van der Waals surface area contributed by atoms with E-state index < -0.39 is 0 Å². The highest BCUT2D eigenvalue weighted by Gasteiger charge is 2.13. The number of nitrogens with one attached hydrogen (secondary N) is 1. The molecule has 156 valence electrons. The molecule has 2 heterocycles. The maximum absolute atomic E-state index is 12.8. The quantitative estimate of drug-likeness (QED) is 0.490. The molecule has 0 bridgehead atoms. The molecule has 0 saturated carbocycles. The summed E-state index contributed by atoms with van der Waals surface area (Å²) in [5.41, 5.74) is 3.78. The lowest BCUT2D eigenvalue weighted by Crippen LogP contribution is -2.30. The van der Waals surface area contributed by atoms with Crippen LogP contribution in [0.1, 0.15) is 25.6 Å². The van der Waals surface area contributed by atoms with Gasteiger partial charge < -0.3 is 9.88 Å². The Bertz CT molecular complexity index is 1250. The van der Waals surface area contributed by atoms with Gasteiger partial charge in [0.05, 0.1) is 22.1 Å². The molecule has 0 spiro atoms. The zero-order valence-electron chi connectivity index (χ0n) is 17.5. The molecule has 0 aliphatic rings. The molecule has 0 fully saturated rings. The van der Waals surface area contributed by atoms with Crippen molar-refractivity contribution in [1.82, 2.24) is 24.0 Å². The molecule has 2 aromatic heterocycles. The number of hydrogen-bond acceptors (Lipinski definition) is 3. The number of imidazole rings is 2. The van der Waals surface area contributed by atoms with Crippen LogP contribution in [0.15, 0.2) is 53.3 Å². The van der Waals surface area contributed by atoms with Crippen molar-refractivity contribution in [1.29, 1.82) is 0 Å². The van der Waals surface area contributed by atoms with E-state index in [1.807, 2.05) is 55.5 Å². The van der Waals surface area contributed by atoms with E-state index in [1.165, 1.54) is 0 Å². The summed E-state index contributed by atoms with van der Waals surface area (Å²) >= 11 is 0. The average Bonchev–Trinajstić information content (AvgIpc) is 3.21. The summed E-state index contributed by atoms with van der Waals surface area (Å²) in [4.78, 5) is 29.8. The fourth-order valence-electron chi connectivity index (χ4n) is 4.02. The van der Waals surface area contributed by atoms with Crippen LogP contribution in [-0.4, -0.2) is 31.1 Å². The SMILES string of the molecule is CCCn1c(=O)n(CCC(=O)NCCn2c(C)nc3ccccc32)c2ccccc21. The lowest BCUT2D eigenvalue weighted by Gasteiger charge is -2.09. The number of nitrogens with zero attached hydrogens (tertiary/aromatic N) is 4. The minimum Gasteiger partial charge on any atom is -0.354 e. The number of benzene rings is 2. The third-order valence-corrected chi connectivity index (χ3v) is 5.44. The maximum Gasteiger partial charge on any atom is 0.329 e. The third kappa shape index (κ3) is 3.75. The first-order valence-corrected chi connectivity index (χ1v) is 10.5. The first kappa shape index (κ1) is 19.9. The molecule has 4 rings (SSSR count). The number of para-hydroxylation sites is 4. The first-order chi connectivity index (χ1) is 14.6. The Morgan fingerprint density at radius 2 is 1.53 bits per heavy atom. The normalized spacial score (nSPS) is 11.4. The molecular weight excluding hydrogens is 378 g/mol. The van der Waals surface area contributed by atoms with E-state index in [1.54, 1.807) is 9.13 Å². The van der Waals surface area contributed by atoms with Crippen molar-refractivity contribution in [2.45, 2.75) is 46.3 Å². The van der Waals surface area contributed by atoms with Crippen LogP contribution in [0.25, 0.3) is 22.1 Å². The number of carbonyl (C=O) groups is 1. The Morgan fingerprint density at radius 3 is 2.23 bits per heavy atom. The summed E-state index contributed by atoms with van der Waals surface area (Å²) in [7, 11) is 0. The van der Waals surface area contributed by atoms with E-state index in [0.717, 1.165) is 34.3 Å². The molecule has 0 radical (unpaired) electrons. The van der Waals surface area contributed by atoms with Gasteiger partial charge in [0.15, 0.2) is 0 Å². The predicted molar refractivity (Wildman–Crippen MR) is 119 cm³/mol. The van der Waals surface area contributed by atoms with Gasteiger partial charge in [-0.05, 0) is 37.6 Å². The fourth-order valence-corrected chi connectivity index (χ4v) is 4.02. The van der Waals surface area contributed by atoms with Crippen LogP contribution in [0, 0.1) is 6.92 Å². The largest absolute Gasteiger partial charge is 0.354 e. The molecule has 4 aromatic rings. The topological polar surface area (TPSA) is 73.8 Å². The molecule has 0 unspecified atom stereocenters. The van der Waals surface area contributed by atoms with Crippen LogP contribution in [0.3, 0.4) is 0 Å². The Balaban J connectivity index is 1.39. The fraction of sp³-hybridized carbons (Fsp3) is 0.348. The van der Waals surface area contributed by atoms with Gasteiger partial charge in [-0.2, -0.15) is 0 Å². The second kappa shape index (κ2) is 8.57. The minimum atomic E-state index is -0.0590. The van der Waals surface area contributed by atoms with Gasteiger partial charge in [-0.25, -0.2) is 9.78 Å². The third-order valence-electron chi connectivity index (χ3n) is 5.44. The van der Waals surface area contributed by atoms with Crippen molar-refractivity contribution >= 4 is 28.0 Å². The van der Waals surface area contributed by atoms with Crippen molar-refractivity contribution in [2.24, 2.45) is 0 Å². The van der Waals surface area contributed by atoms with E-state index in [2.05, 4.69) is 21.8 Å². The van der Waals surface area contributed by atoms with E-state index in [0.29, 0.717) is 26.2 Å². The smallest absolute Gasteiger partial charge is 0.329 e. The van der Waals surface area contributed by atoms with Gasteiger partial charge in [0.25, 0.3) is 0 Å². The van der Waals surface area contributed by atoms with Gasteiger partial charge in [-0.3, -0.25) is 13.9 Å². The number of carbonyl (C=O) groups excluding carboxylic acids is 1. The second-order valence-electron chi connectivity index (χ2n) is 7.47. The lowest BCUT2D eigenvalue weighted by atomic mass is 10.3. The molecule has 7 heteroatoms. The Kier molecular flexibility index (Phi) is 5.70. The van der Waals surface area contributed by atoms with Gasteiger partial charge in [-0.1, -0.05) is 31.2 Å². The highest BCUT2D eigenvalue weighted by atomic mass is 16.2. The van der Waals surface area contributed by atoms with Crippen molar-refractivity contribution in [3.63, 3.8) is 0 Å². The molecule has 1 amide bonds. The van der Waals surface area contributed by atoms with Gasteiger partial charge in [0.2, 0.25) is 5.91 Å². The molecule has 0 aliphatic carbocycles. The molecular formula is C23H27N5O2. The highest BCUT2D eigenvalue weighted by molar-refractivity contribution is 5.78. The number of rotatable bonds is 8. The molecule has 30 heavy (non-hydrogen) atoms. The highest BCUT2D eigenvalue weighted by Crippen LogP contribution is 2.15. The van der Waals surface area contributed by atoms with E-state index >= 15 is 0 Å². The predicted octanol–water partition coefficient (Wildman–Crippen LogP) is 3.08. The first-order valence-electron chi connectivity index (χ1n) is 10.5. The van der Waals surface area contributed by atoms with Crippen LogP contribution in [0.4, 0.5) is 0 Å². The summed E-state index contributed by atoms with van der Waals surface area (Å²) in [5.74, 6) is 0.872. The summed E-state index contributed by atoms with van der Waals surface area (Å²) in [6, 6.07) is 15.7. The molecule has 0 atom stereocenters. The molecule has 1 N–H and O–H groups in total. The van der Waals surface area contributed by atoms with Gasteiger partial charge in [-0.15, -0.1) is 0 Å². The van der Waals surface area contributed by atoms with Gasteiger partial charge in [0, 0.05) is 32.6 Å². The monoisotopic (exact) mass is 405 g/mol. The van der Waals surface area contributed by atoms with E-state index in [4.69, 9.17) is 0 Å². The summed E-state index contributed by atoms with van der Waals surface area (Å²) in [6.07, 6.45) is 1.15. The number of amides is 1. The Morgan fingerprint density at radius 1 is 0.900 bits per heavy atom. The molecule has 0 aliphatic heterocycles. The summed E-state index contributed by atoms with van der Waals surface area (Å²) in [5, 5.41) is 2.97. The van der Waals surface area contributed by atoms with Crippen LogP contribution in [-0.2, 0) is 24.4 Å². The van der Waals surface area contributed by atoms with Crippen LogP contribution in [0.2, 0.25) is 0 Å². The van der Waals surface area contributed by atoms with Crippen molar-refractivity contribution in [2.75, 3.05) is 6.54 Å². The van der Waals surface area contributed by atoms with E-state index in [9.17, 15) is 9.59 Å². The Labute approximate surface area is 174 Å². The van der Waals surface area contributed by atoms with Crippen molar-refractivity contribution < 1.29 is 4.79 Å². The summed E-state index contributed by atoms with van der Waals surface area (Å²) in [6.45, 7) is 6.25. The average molecular weight is 406 g/mol. The number of fused-ring (bicyclic) bond motifs is 2.